The molecule has 1 aromatic rings. The van der Waals surface area contributed by atoms with Crippen molar-refractivity contribution in [3.63, 3.8) is 0 Å². The van der Waals surface area contributed by atoms with Crippen molar-refractivity contribution in [2.75, 3.05) is 6.54 Å². The van der Waals surface area contributed by atoms with Gasteiger partial charge in [0, 0.05) is 15.4 Å². The van der Waals surface area contributed by atoms with E-state index in [4.69, 9.17) is 0 Å². The van der Waals surface area contributed by atoms with Crippen LogP contribution in [0.5, 0.6) is 0 Å². The van der Waals surface area contributed by atoms with Gasteiger partial charge in [0.15, 0.2) is 0 Å². The second-order valence-corrected chi connectivity index (χ2v) is 7.62. The van der Waals surface area contributed by atoms with Crippen molar-refractivity contribution in [1.82, 2.24) is 5.32 Å². The standard InChI is InChI=1S/C15H24BrNS/c1-11(2)17-10-13(12-5-3-4-6-12)9-15-14(16)7-8-18-15/h7-8,11-13,17H,3-6,9-10H2,1-2H3. The summed E-state index contributed by atoms with van der Waals surface area (Å²) in [5.74, 6) is 1.75. The number of hydrogen-bond acceptors (Lipinski definition) is 2. The fourth-order valence-electron chi connectivity index (χ4n) is 2.93. The Morgan fingerprint density at radius 1 is 1.39 bits per heavy atom. The summed E-state index contributed by atoms with van der Waals surface area (Å²) in [7, 11) is 0. The number of nitrogens with one attached hydrogen (secondary N) is 1. The van der Waals surface area contributed by atoms with E-state index in [1.807, 2.05) is 11.3 Å². The highest BCUT2D eigenvalue weighted by Gasteiger charge is 2.26. The largest absolute Gasteiger partial charge is 0.314 e. The fraction of sp³-hybridized carbons (Fsp3) is 0.733. The molecule has 3 heteroatoms. The predicted molar refractivity (Wildman–Crippen MR) is 84.3 cm³/mol. The monoisotopic (exact) mass is 329 g/mol. The zero-order chi connectivity index (χ0) is 13.0. The van der Waals surface area contributed by atoms with E-state index in [9.17, 15) is 0 Å². The van der Waals surface area contributed by atoms with Gasteiger partial charge in [-0.3, -0.25) is 0 Å². The summed E-state index contributed by atoms with van der Waals surface area (Å²) in [5.41, 5.74) is 0. The smallest absolute Gasteiger partial charge is 0.0314 e. The topological polar surface area (TPSA) is 12.0 Å². The summed E-state index contributed by atoms with van der Waals surface area (Å²) in [6.45, 7) is 5.66. The van der Waals surface area contributed by atoms with Crippen molar-refractivity contribution in [3.8, 4) is 0 Å². The van der Waals surface area contributed by atoms with E-state index in [0.29, 0.717) is 6.04 Å². The Morgan fingerprint density at radius 2 is 2.11 bits per heavy atom. The molecule has 0 aliphatic heterocycles. The molecule has 1 heterocycles. The lowest BCUT2D eigenvalue weighted by Crippen LogP contribution is -2.33. The molecule has 1 saturated carbocycles. The van der Waals surface area contributed by atoms with Crippen LogP contribution in [0.25, 0.3) is 0 Å². The van der Waals surface area contributed by atoms with E-state index in [2.05, 4.69) is 46.5 Å². The van der Waals surface area contributed by atoms with Gasteiger partial charge in [-0.25, -0.2) is 0 Å². The molecule has 1 aromatic heterocycles. The van der Waals surface area contributed by atoms with Crippen molar-refractivity contribution in [2.24, 2.45) is 11.8 Å². The molecule has 102 valence electrons. The van der Waals surface area contributed by atoms with Gasteiger partial charge in [-0.2, -0.15) is 0 Å². The van der Waals surface area contributed by atoms with E-state index in [-0.39, 0.29) is 0 Å². The first-order valence-corrected chi connectivity index (χ1v) is 8.79. The molecule has 1 unspecified atom stereocenters. The second kappa shape index (κ2) is 7.06. The summed E-state index contributed by atoms with van der Waals surface area (Å²) in [6.07, 6.45) is 6.99. The molecule has 1 aliphatic rings. The normalized spacial score (nSPS) is 18.7. The highest BCUT2D eigenvalue weighted by Crippen LogP contribution is 2.35. The summed E-state index contributed by atoms with van der Waals surface area (Å²) in [4.78, 5) is 1.53. The summed E-state index contributed by atoms with van der Waals surface area (Å²) < 4.78 is 1.31. The third-order valence-corrected chi connectivity index (χ3v) is 5.94. The average Bonchev–Trinajstić information content (AvgIpc) is 2.96. The molecule has 18 heavy (non-hydrogen) atoms. The van der Waals surface area contributed by atoms with Gasteiger partial charge in [0.2, 0.25) is 0 Å². The molecule has 1 atom stereocenters. The van der Waals surface area contributed by atoms with E-state index in [0.717, 1.165) is 11.8 Å². The maximum absolute atomic E-state index is 3.67. The first-order chi connectivity index (χ1) is 8.66. The molecule has 1 aliphatic carbocycles. The summed E-state index contributed by atoms with van der Waals surface area (Å²) in [5, 5.41) is 5.84. The third kappa shape index (κ3) is 4.07. The highest BCUT2D eigenvalue weighted by molar-refractivity contribution is 9.10. The Labute approximate surface area is 123 Å². The Hall–Kier alpha value is 0.140. The van der Waals surface area contributed by atoms with Gasteiger partial charge in [-0.1, -0.05) is 39.5 Å². The first kappa shape index (κ1) is 14.5. The van der Waals surface area contributed by atoms with Crippen molar-refractivity contribution in [1.29, 1.82) is 0 Å². The van der Waals surface area contributed by atoms with Crippen LogP contribution in [0.15, 0.2) is 15.9 Å². The lowest BCUT2D eigenvalue weighted by Gasteiger charge is -2.25. The molecule has 1 nitrogen and oxygen atoms in total. The van der Waals surface area contributed by atoms with Crippen LogP contribution in [-0.2, 0) is 6.42 Å². The van der Waals surface area contributed by atoms with Crippen molar-refractivity contribution < 1.29 is 0 Å². The molecule has 0 saturated heterocycles. The predicted octanol–water partition coefficient (Wildman–Crippen LogP) is 4.86. The second-order valence-electron chi connectivity index (χ2n) is 5.76. The molecular weight excluding hydrogens is 306 g/mol. The fourth-order valence-corrected chi connectivity index (χ4v) is 4.54. The van der Waals surface area contributed by atoms with E-state index >= 15 is 0 Å². The zero-order valence-electron chi connectivity index (χ0n) is 11.4. The number of halogens is 1. The van der Waals surface area contributed by atoms with Crippen LogP contribution in [-0.4, -0.2) is 12.6 Å². The number of rotatable bonds is 6. The van der Waals surface area contributed by atoms with Crippen molar-refractivity contribution in [3.05, 3.63) is 20.8 Å². The molecule has 1 N–H and O–H groups in total. The van der Waals surface area contributed by atoms with Gasteiger partial charge in [-0.15, -0.1) is 11.3 Å². The van der Waals surface area contributed by atoms with Gasteiger partial charge in [-0.05, 0) is 52.2 Å². The molecule has 1 fully saturated rings. The summed E-state index contributed by atoms with van der Waals surface area (Å²) in [6, 6.07) is 2.78. The van der Waals surface area contributed by atoms with Gasteiger partial charge in [0.25, 0.3) is 0 Å². The SMILES string of the molecule is CC(C)NCC(Cc1sccc1Br)C1CCCC1. The van der Waals surface area contributed by atoms with Crippen LogP contribution >= 0.6 is 27.3 Å². The summed E-state index contributed by atoms with van der Waals surface area (Å²) >= 11 is 5.57. The highest BCUT2D eigenvalue weighted by atomic mass is 79.9. The lowest BCUT2D eigenvalue weighted by atomic mass is 9.87. The molecule has 2 rings (SSSR count). The van der Waals surface area contributed by atoms with E-state index in [1.165, 1.54) is 48.0 Å². The van der Waals surface area contributed by atoms with Crippen LogP contribution in [0.3, 0.4) is 0 Å². The average molecular weight is 330 g/mol. The van der Waals surface area contributed by atoms with Crippen LogP contribution in [0.4, 0.5) is 0 Å². The number of hydrogen-bond donors (Lipinski definition) is 1. The van der Waals surface area contributed by atoms with Crippen molar-refractivity contribution >= 4 is 27.3 Å². The van der Waals surface area contributed by atoms with Crippen LogP contribution in [0, 0.1) is 11.8 Å². The zero-order valence-corrected chi connectivity index (χ0v) is 13.8. The maximum atomic E-state index is 3.67. The first-order valence-electron chi connectivity index (χ1n) is 7.12. The Morgan fingerprint density at radius 3 is 2.67 bits per heavy atom. The van der Waals surface area contributed by atoms with E-state index in [1.54, 1.807) is 0 Å². The molecule has 0 radical (unpaired) electrons. The third-order valence-electron chi connectivity index (χ3n) is 3.99. The minimum Gasteiger partial charge on any atom is -0.314 e. The lowest BCUT2D eigenvalue weighted by molar-refractivity contribution is 0.314. The Kier molecular flexibility index (Phi) is 5.71. The molecule has 0 amide bonds. The van der Waals surface area contributed by atoms with Gasteiger partial charge in [0.05, 0.1) is 0 Å². The molecule has 0 spiro atoms. The molecule has 0 bridgehead atoms. The maximum Gasteiger partial charge on any atom is 0.0314 e. The number of thiophene rings is 1. The minimum absolute atomic E-state index is 0.598. The van der Waals surface area contributed by atoms with Gasteiger partial charge >= 0.3 is 0 Å². The quantitative estimate of drug-likeness (QED) is 0.786. The Balaban J connectivity index is 1.97. The van der Waals surface area contributed by atoms with Gasteiger partial charge < -0.3 is 5.32 Å². The Bertz CT molecular complexity index is 355. The van der Waals surface area contributed by atoms with Gasteiger partial charge in [0.1, 0.15) is 0 Å². The van der Waals surface area contributed by atoms with Crippen molar-refractivity contribution in [2.45, 2.75) is 52.0 Å². The minimum atomic E-state index is 0.598. The molecular formula is C15H24BrNS. The van der Waals surface area contributed by atoms with E-state index < -0.39 is 0 Å². The molecule has 0 aromatic carbocycles. The van der Waals surface area contributed by atoms with Crippen LogP contribution in [0.2, 0.25) is 0 Å². The van der Waals surface area contributed by atoms with Crippen LogP contribution in [0.1, 0.15) is 44.4 Å². The van der Waals surface area contributed by atoms with Crippen LogP contribution < -0.4 is 5.32 Å².